The average Bonchev–Trinajstić information content (AvgIpc) is 2.73. The van der Waals surface area contributed by atoms with Gasteiger partial charge in [0.1, 0.15) is 5.82 Å². The third-order valence-corrected chi connectivity index (χ3v) is 2.26. The highest BCUT2D eigenvalue weighted by atomic mass is 16.5. The van der Waals surface area contributed by atoms with Gasteiger partial charge in [0.15, 0.2) is 0 Å². The second-order valence-electron chi connectivity index (χ2n) is 3.47. The minimum atomic E-state index is 0.592. The Kier molecular flexibility index (Phi) is 6.23. The number of rotatable bonds is 8. The van der Waals surface area contributed by atoms with Crippen molar-refractivity contribution in [2.45, 2.75) is 25.9 Å². The van der Waals surface area contributed by atoms with Gasteiger partial charge in [-0.25, -0.2) is 4.98 Å². The number of nitriles is 1. The second kappa shape index (κ2) is 7.85. The Balaban J connectivity index is 2.30. The van der Waals surface area contributed by atoms with E-state index in [-0.39, 0.29) is 0 Å². The van der Waals surface area contributed by atoms with Crippen molar-refractivity contribution in [3.8, 4) is 6.07 Å². The molecule has 0 aliphatic carbocycles. The summed E-state index contributed by atoms with van der Waals surface area (Å²) in [5.41, 5.74) is 0. The largest absolute Gasteiger partial charge is 0.383 e. The number of nitrogens with zero attached hydrogens (tertiary/aromatic N) is 3. The number of ether oxygens (including phenoxy) is 1. The van der Waals surface area contributed by atoms with Crippen molar-refractivity contribution in [3.63, 3.8) is 0 Å². The molecule has 0 amide bonds. The molecule has 0 spiro atoms. The summed E-state index contributed by atoms with van der Waals surface area (Å²) >= 11 is 0. The lowest BCUT2D eigenvalue weighted by Gasteiger charge is -2.07. The van der Waals surface area contributed by atoms with Gasteiger partial charge in [0, 0.05) is 39.0 Å². The third-order valence-electron chi connectivity index (χ3n) is 2.26. The number of hydrogen-bond donors (Lipinski definition) is 1. The standard InChI is InChI=1S/C11H18N4O/c1-16-9-6-13-10-11-14-5-8-15(11)7-3-2-4-12/h5,8,13H,2-3,6-7,9-10H2,1H3. The number of hydrogen-bond acceptors (Lipinski definition) is 4. The molecule has 88 valence electrons. The van der Waals surface area contributed by atoms with E-state index in [0.717, 1.165) is 31.9 Å². The Morgan fingerprint density at radius 2 is 2.50 bits per heavy atom. The minimum Gasteiger partial charge on any atom is -0.383 e. The number of imidazole rings is 1. The van der Waals surface area contributed by atoms with E-state index in [9.17, 15) is 0 Å². The van der Waals surface area contributed by atoms with Crippen LogP contribution in [0, 0.1) is 11.3 Å². The minimum absolute atomic E-state index is 0.592. The highest BCUT2D eigenvalue weighted by Crippen LogP contribution is 2.00. The summed E-state index contributed by atoms with van der Waals surface area (Å²) in [6.07, 6.45) is 5.21. The topological polar surface area (TPSA) is 62.9 Å². The van der Waals surface area contributed by atoms with Crippen LogP contribution in [0.2, 0.25) is 0 Å². The van der Waals surface area contributed by atoms with Gasteiger partial charge in [0.25, 0.3) is 0 Å². The van der Waals surface area contributed by atoms with Crippen molar-refractivity contribution < 1.29 is 4.74 Å². The molecule has 0 radical (unpaired) electrons. The summed E-state index contributed by atoms with van der Waals surface area (Å²) in [7, 11) is 1.69. The molecular formula is C11H18N4O. The maximum atomic E-state index is 8.46. The molecule has 1 N–H and O–H groups in total. The van der Waals surface area contributed by atoms with Crippen LogP contribution in [0.25, 0.3) is 0 Å². The first-order valence-corrected chi connectivity index (χ1v) is 5.45. The van der Waals surface area contributed by atoms with Crippen LogP contribution < -0.4 is 5.32 Å². The first-order valence-electron chi connectivity index (χ1n) is 5.45. The molecule has 1 heterocycles. The van der Waals surface area contributed by atoms with Crippen LogP contribution in [0.4, 0.5) is 0 Å². The molecule has 0 unspecified atom stereocenters. The fourth-order valence-corrected chi connectivity index (χ4v) is 1.41. The van der Waals surface area contributed by atoms with E-state index >= 15 is 0 Å². The van der Waals surface area contributed by atoms with Crippen LogP contribution >= 0.6 is 0 Å². The zero-order chi connectivity index (χ0) is 11.6. The maximum absolute atomic E-state index is 8.46. The van der Waals surface area contributed by atoms with Gasteiger partial charge in [0.2, 0.25) is 0 Å². The summed E-state index contributed by atoms with van der Waals surface area (Å²) in [6.45, 7) is 3.12. The molecule has 5 heteroatoms. The van der Waals surface area contributed by atoms with Crippen molar-refractivity contribution in [3.05, 3.63) is 18.2 Å². The van der Waals surface area contributed by atoms with Gasteiger partial charge in [-0.2, -0.15) is 5.26 Å². The Morgan fingerprint density at radius 1 is 1.62 bits per heavy atom. The predicted octanol–water partition coefficient (Wildman–Crippen LogP) is 0.923. The van der Waals surface area contributed by atoms with Gasteiger partial charge in [-0.1, -0.05) is 0 Å². The van der Waals surface area contributed by atoms with Gasteiger partial charge >= 0.3 is 0 Å². The average molecular weight is 222 g/mol. The van der Waals surface area contributed by atoms with E-state index in [1.165, 1.54) is 0 Å². The van der Waals surface area contributed by atoms with Gasteiger partial charge in [-0.15, -0.1) is 0 Å². The van der Waals surface area contributed by atoms with Crippen molar-refractivity contribution in [2.24, 2.45) is 0 Å². The molecule has 0 aliphatic heterocycles. The molecule has 16 heavy (non-hydrogen) atoms. The van der Waals surface area contributed by atoms with Crippen LogP contribution in [0.3, 0.4) is 0 Å². The fourth-order valence-electron chi connectivity index (χ4n) is 1.41. The highest BCUT2D eigenvalue weighted by Gasteiger charge is 2.01. The van der Waals surface area contributed by atoms with Gasteiger partial charge in [-0.05, 0) is 6.42 Å². The van der Waals surface area contributed by atoms with E-state index in [1.807, 2.05) is 6.20 Å². The lowest BCUT2D eigenvalue weighted by Crippen LogP contribution is -2.21. The van der Waals surface area contributed by atoms with Crippen LogP contribution in [-0.2, 0) is 17.8 Å². The summed E-state index contributed by atoms with van der Waals surface area (Å²) in [5.74, 6) is 1.01. The molecule has 0 aromatic carbocycles. The Hall–Kier alpha value is -1.38. The molecule has 0 saturated carbocycles. The van der Waals surface area contributed by atoms with Crippen molar-refractivity contribution in [2.75, 3.05) is 20.3 Å². The number of nitrogens with one attached hydrogen (secondary N) is 1. The lowest BCUT2D eigenvalue weighted by atomic mass is 10.3. The summed E-state index contributed by atoms with van der Waals surface area (Å²) in [5, 5.41) is 11.7. The summed E-state index contributed by atoms with van der Waals surface area (Å²) < 4.78 is 7.03. The van der Waals surface area contributed by atoms with Crippen molar-refractivity contribution in [1.29, 1.82) is 5.26 Å². The third kappa shape index (κ3) is 4.43. The number of unbranched alkanes of at least 4 members (excludes halogenated alkanes) is 1. The Morgan fingerprint density at radius 3 is 3.25 bits per heavy atom. The van der Waals surface area contributed by atoms with Crippen LogP contribution in [-0.4, -0.2) is 29.8 Å². The molecule has 0 fully saturated rings. The smallest absolute Gasteiger partial charge is 0.122 e. The van der Waals surface area contributed by atoms with E-state index in [1.54, 1.807) is 13.3 Å². The van der Waals surface area contributed by atoms with E-state index in [0.29, 0.717) is 13.0 Å². The fraction of sp³-hybridized carbons (Fsp3) is 0.636. The quantitative estimate of drug-likeness (QED) is 0.664. The highest BCUT2D eigenvalue weighted by molar-refractivity contribution is 4.92. The zero-order valence-corrected chi connectivity index (χ0v) is 9.65. The van der Waals surface area contributed by atoms with Crippen LogP contribution in [0.1, 0.15) is 18.7 Å². The molecule has 1 aromatic heterocycles. The number of methoxy groups -OCH3 is 1. The van der Waals surface area contributed by atoms with E-state index < -0.39 is 0 Å². The van der Waals surface area contributed by atoms with Gasteiger partial charge in [-0.3, -0.25) is 0 Å². The molecule has 5 nitrogen and oxygen atoms in total. The van der Waals surface area contributed by atoms with Gasteiger partial charge < -0.3 is 14.6 Å². The number of aromatic nitrogens is 2. The lowest BCUT2D eigenvalue weighted by molar-refractivity contribution is 0.199. The molecular weight excluding hydrogens is 204 g/mol. The van der Waals surface area contributed by atoms with E-state index in [2.05, 4.69) is 20.9 Å². The Bertz CT molecular complexity index is 329. The maximum Gasteiger partial charge on any atom is 0.122 e. The van der Waals surface area contributed by atoms with Gasteiger partial charge in [0.05, 0.1) is 19.2 Å². The summed E-state index contributed by atoms with van der Waals surface area (Å²) in [4.78, 5) is 4.27. The molecule has 0 bridgehead atoms. The summed E-state index contributed by atoms with van der Waals surface area (Å²) in [6, 6.07) is 2.14. The molecule has 0 atom stereocenters. The molecule has 0 saturated heterocycles. The Labute approximate surface area is 96.0 Å². The van der Waals surface area contributed by atoms with Crippen LogP contribution in [0.15, 0.2) is 12.4 Å². The normalized spacial score (nSPS) is 10.2. The first kappa shape index (κ1) is 12.7. The SMILES string of the molecule is COCCNCc1nccn1CCCC#N. The molecule has 1 rings (SSSR count). The van der Waals surface area contributed by atoms with Crippen LogP contribution in [0.5, 0.6) is 0 Å². The molecule has 0 aliphatic rings. The second-order valence-corrected chi connectivity index (χ2v) is 3.47. The first-order chi connectivity index (χ1) is 7.88. The zero-order valence-electron chi connectivity index (χ0n) is 9.65. The monoisotopic (exact) mass is 222 g/mol. The van der Waals surface area contributed by atoms with E-state index in [4.69, 9.17) is 10.00 Å². The van der Waals surface area contributed by atoms with Crippen molar-refractivity contribution in [1.82, 2.24) is 14.9 Å². The van der Waals surface area contributed by atoms with Crippen molar-refractivity contribution >= 4 is 0 Å². The molecule has 1 aromatic rings. The predicted molar refractivity (Wildman–Crippen MR) is 60.7 cm³/mol. The number of aryl methyl sites for hydroxylation is 1.